The van der Waals surface area contributed by atoms with Crippen LogP contribution in [0.1, 0.15) is 0 Å². The molecule has 0 radical (unpaired) electrons. The Morgan fingerprint density at radius 2 is 0.573 bits per heavy atom. The Morgan fingerprint density at radius 3 is 1.04 bits per heavy atom. The van der Waals surface area contributed by atoms with E-state index in [1.807, 2.05) is 0 Å². The number of hydrogen-bond donors (Lipinski definition) is 0. The van der Waals surface area contributed by atoms with Crippen LogP contribution in [0, 0.1) is 0 Å². The third-order valence-corrected chi connectivity index (χ3v) is 19.8. The zero-order valence-corrected chi connectivity index (χ0v) is 42.4. The summed E-state index contributed by atoms with van der Waals surface area (Å²) in [4.78, 5) is 2.39. The van der Waals surface area contributed by atoms with E-state index in [9.17, 15) is 0 Å². The van der Waals surface area contributed by atoms with Gasteiger partial charge in [0.05, 0.1) is 11.0 Å². The summed E-state index contributed by atoms with van der Waals surface area (Å²) >= 11 is 0. The molecule has 0 unspecified atom stereocenters. The molecule has 2 nitrogen and oxygen atoms in total. The average Bonchev–Trinajstić information content (AvgIpc) is 3.85. The average molecular weight is 973 g/mol. The van der Waals surface area contributed by atoms with E-state index in [1.54, 1.807) is 0 Å². The minimum absolute atomic E-state index is 1.09. The summed E-state index contributed by atoms with van der Waals surface area (Å²) in [6.07, 6.45) is 0. The lowest BCUT2D eigenvalue weighted by Gasteiger charge is -2.35. The monoisotopic (exact) mass is 972 g/mol. The maximum atomic E-state index is 2.39. The van der Waals surface area contributed by atoms with Crippen LogP contribution < -0.4 is 25.6 Å². The van der Waals surface area contributed by atoms with Crippen molar-refractivity contribution in [1.29, 1.82) is 0 Å². The lowest BCUT2D eigenvalue weighted by molar-refractivity contribution is 1.18. The highest BCUT2D eigenvalue weighted by atomic mass is 28.3. The van der Waals surface area contributed by atoms with Crippen LogP contribution in [0.4, 0.5) is 17.1 Å². The quantitative estimate of drug-likeness (QED) is 0.0875. The topological polar surface area (TPSA) is 8.17 Å². The molecule has 13 aromatic rings. The smallest absolute Gasteiger partial charge is 0.179 e. The van der Waals surface area contributed by atoms with Gasteiger partial charge in [0.1, 0.15) is 0 Å². The first kappa shape index (κ1) is 45.3. The van der Waals surface area contributed by atoms with E-state index in [2.05, 4.69) is 325 Å². The molecule has 0 saturated carbocycles. The lowest BCUT2D eigenvalue weighted by atomic mass is 9.97. The van der Waals surface area contributed by atoms with Crippen molar-refractivity contribution in [2.75, 3.05) is 4.90 Å². The number of nitrogens with zero attached hydrogens (tertiary/aromatic N) is 2. The Hall–Kier alpha value is -9.54. The largest absolute Gasteiger partial charge is 0.311 e. The first-order valence-corrected chi connectivity index (χ1v) is 27.8. The van der Waals surface area contributed by atoms with Crippen LogP contribution in [0.3, 0.4) is 0 Å². The normalized spacial score (nSPS) is 11.5. The van der Waals surface area contributed by atoms with Gasteiger partial charge in [-0.2, -0.15) is 0 Å². The van der Waals surface area contributed by atoms with Gasteiger partial charge in [-0.25, -0.2) is 0 Å². The fourth-order valence-corrected chi connectivity index (χ4v) is 16.2. The molecule has 0 atom stereocenters. The summed E-state index contributed by atoms with van der Waals surface area (Å²) in [7, 11) is -2.72. The lowest BCUT2D eigenvalue weighted by Crippen LogP contribution is -2.74. The zero-order valence-electron chi connectivity index (χ0n) is 41.4. The van der Waals surface area contributed by atoms with Gasteiger partial charge in [-0.15, -0.1) is 0 Å². The second kappa shape index (κ2) is 19.8. The Balaban J connectivity index is 0.872. The summed E-state index contributed by atoms with van der Waals surface area (Å²) in [5, 5.41) is 7.93. The number of para-hydroxylation sites is 2. The van der Waals surface area contributed by atoms with Crippen LogP contribution in [0.25, 0.3) is 72.0 Å². The molecule has 0 saturated heterocycles. The van der Waals surface area contributed by atoms with Gasteiger partial charge in [0.15, 0.2) is 8.07 Å². The standard InChI is InChI=1S/C72H52N2Si/c1-6-19-53(20-7-1)54-33-35-55(36-34-54)57-41-45-61(46-42-57)73(63-49-51-67(52-50-63)75(64-23-10-3-11-24-64,65-25-12-4-13-26-65)66-27-14-5-15-28-66)62-47-43-58(44-48-62)56-37-39-59(40-38-56)68-30-18-32-71-72(68)69-29-16-17-31-70(69)74(71)60-21-8-2-9-22-60/h1-52H. The van der Waals surface area contributed by atoms with Crippen molar-refractivity contribution in [3.8, 4) is 50.2 Å². The molecular weight excluding hydrogens is 921 g/mol. The molecule has 0 aliphatic heterocycles. The van der Waals surface area contributed by atoms with Crippen molar-refractivity contribution in [3.63, 3.8) is 0 Å². The molecular formula is C72H52N2Si. The molecule has 0 spiro atoms. The molecule has 0 bridgehead atoms. The van der Waals surface area contributed by atoms with Crippen LogP contribution in [-0.2, 0) is 0 Å². The molecule has 0 aliphatic rings. The fourth-order valence-electron chi connectivity index (χ4n) is 11.4. The number of rotatable bonds is 12. The molecule has 0 aliphatic carbocycles. The van der Waals surface area contributed by atoms with Gasteiger partial charge in [0.25, 0.3) is 0 Å². The van der Waals surface area contributed by atoms with E-state index in [1.165, 1.54) is 81.5 Å². The Bertz CT molecular complexity index is 3930. The molecule has 0 fully saturated rings. The van der Waals surface area contributed by atoms with E-state index < -0.39 is 8.07 Å². The predicted molar refractivity (Wildman–Crippen MR) is 321 cm³/mol. The molecule has 75 heavy (non-hydrogen) atoms. The van der Waals surface area contributed by atoms with Crippen LogP contribution in [0.5, 0.6) is 0 Å². The van der Waals surface area contributed by atoms with E-state index in [4.69, 9.17) is 0 Å². The number of aromatic nitrogens is 1. The summed E-state index contributed by atoms with van der Waals surface area (Å²) in [5.74, 6) is 0. The van der Waals surface area contributed by atoms with E-state index in [0.29, 0.717) is 0 Å². The molecule has 0 N–H and O–H groups in total. The molecule has 12 aromatic carbocycles. The highest BCUT2D eigenvalue weighted by molar-refractivity contribution is 7.19. The Kier molecular flexibility index (Phi) is 12.0. The number of anilines is 3. The Morgan fingerprint density at radius 1 is 0.240 bits per heavy atom. The summed E-state index contributed by atoms with van der Waals surface area (Å²) in [6.45, 7) is 0. The molecule has 354 valence electrons. The van der Waals surface area contributed by atoms with Crippen LogP contribution in [0.2, 0.25) is 0 Å². The second-order valence-electron chi connectivity index (χ2n) is 19.2. The van der Waals surface area contributed by atoms with Gasteiger partial charge in [0, 0.05) is 33.5 Å². The fraction of sp³-hybridized carbons (Fsp3) is 0. The number of fused-ring (bicyclic) bond motifs is 3. The van der Waals surface area contributed by atoms with Gasteiger partial charge in [-0.05, 0) is 126 Å². The second-order valence-corrected chi connectivity index (χ2v) is 23.0. The maximum Gasteiger partial charge on any atom is 0.179 e. The minimum atomic E-state index is -2.72. The highest BCUT2D eigenvalue weighted by Gasteiger charge is 2.41. The van der Waals surface area contributed by atoms with E-state index in [0.717, 1.165) is 28.3 Å². The van der Waals surface area contributed by atoms with Gasteiger partial charge in [0.2, 0.25) is 0 Å². The summed E-state index contributed by atoms with van der Waals surface area (Å²) < 4.78 is 2.38. The number of benzene rings is 12. The van der Waals surface area contributed by atoms with E-state index in [-0.39, 0.29) is 0 Å². The van der Waals surface area contributed by atoms with Gasteiger partial charge in [-0.3, -0.25) is 0 Å². The van der Waals surface area contributed by atoms with Crippen LogP contribution >= 0.6 is 0 Å². The van der Waals surface area contributed by atoms with Crippen molar-refractivity contribution < 1.29 is 0 Å². The SMILES string of the molecule is c1ccc(-c2ccc(-c3ccc(N(c4ccc(-c5ccc(-c6cccc7c6c6ccccc6n7-c6ccccc6)cc5)cc4)c4ccc([Si](c5ccccc5)(c5ccccc5)c5ccccc5)cc4)cc3)cc2)cc1. The molecule has 1 aromatic heterocycles. The maximum absolute atomic E-state index is 2.72. The number of hydrogen-bond acceptors (Lipinski definition) is 1. The van der Waals surface area contributed by atoms with Crippen molar-refractivity contribution >= 4 is 67.7 Å². The first-order chi connectivity index (χ1) is 37.2. The molecule has 1 heterocycles. The van der Waals surface area contributed by atoms with E-state index >= 15 is 0 Å². The summed E-state index contributed by atoms with van der Waals surface area (Å²) in [6, 6.07) is 116. The molecule has 0 amide bonds. The third-order valence-electron chi connectivity index (χ3n) is 15.0. The Labute approximate surface area is 440 Å². The highest BCUT2D eigenvalue weighted by Crippen LogP contribution is 2.40. The van der Waals surface area contributed by atoms with Gasteiger partial charge >= 0.3 is 0 Å². The third kappa shape index (κ3) is 8.36. The van der Waals surface area contributed by atoms with Crippen LogP contribution in [0.15, 0.2) is 315 Å². The van der Waals surface area contributed by atoms with Gasteiger partial charge < -0.3 is 9.47 Å². The predicted octanol–water partition coefficient (Wildman–Crippen LogP) is 16.3. The van der Waals surface area contributed by atoms with Crippen molar-refractivity contribution in [3.05, 3.63) is 315 Å². The summed E-state index contributed by atoms with van der Waals surface area (Å²) in [5.41, 5.74) is 16.4. The van der Waals surface area contributed by atoms with Crippen molar-refractivity contribution in [2.24, 2.45) is 0 Å². The first-order valence-electron chi connectivity index (χ1n) is 25.8. The molecule has 13 rings (SSSR count). The van der Waals surface area contributed by atoms with Crippen LogP contribution in [-0.4, -0.2) is 12.6 Å². The van der Waals surface area contributed by atoms with Crippen molar-refractivity contribution in [1.82, 2.24) is 4.57 Å². The molecule has 3 heteroatoms. The van der Waals surface area contributed by atoms with Gasteiger partial charge in [-0.1, -0.05) is 255 Å². The zero-order chi connectivity index (χ0) is 50.0. The van der Waals surface area contributed by atoms with Crippen molar-refractivity contribution in [2.45, 2.75) is 0 Å². The minimum Gasteiger partial charge on any atom is -0.311 e.